The summed E-state index contributed by atoms with van der Waals surface area (Å²) in [7, 11) is 0. The van der Waals surface area contributed by atoms with Crippen molar-refractivity contribution in [2.75, 3.05) is 0 Å². The standard InChI is InChI=1S/C19H10Cl2N4O/c20-12-4-3-7-16(17(12)21)24-9-8-14-11(18(24)26)10-22-19-23-13-5-1-2-6-15(13)25(14)19/h1-10H. The zero-order valence-corrected chi connectivity index (χ0v) is 14.7. The molecule has 5 aromatic rings. The number of imidazole rings is 1. The fourth-order valence-corrected chi connectivity index (χ4v) is 3.57. The maximum Gasteiger partial charge on any atom is 0.266 e. The van der Waals surface area contributed by atoms with Gasteiger partial charge in [0.2, 0.25) is 5.78 Å². The van der Waals surface area contributed by atoms with Gasteiger partial charge in [0, 0.05) is 12.4 Å². The molecular weight excluding hydrogens is 371 g/mol. The van der Waals surface area contributed by atoms with Crippen molar-refractivity contribution in [1.82, 2.24) is 18.9 Å². The van der Waals surface area contributed by atoms with E-state index in [9.17, 15) is 4.79 Å². The third-order valence-corrected chi connectivity index (χ3v) is 5.20. The van der Waals surface area contributed by atoms with Crippen LogP contribution in [-0.4, -0.2) is 18.9 Å². The van der Waals surface area contributed by atoms with Crippen LogP contribution in [0.3, 0.4) is 0 Å². The van der Waals surface area contributed by atoms with Crippen LogP contribution in [0.4, 0.5) is 0 Å². The Kier molecular flexibility index (Phi) is 3.29. The smallest absolute Gasteiger partial charge is 0.266 e. The van der Waals surface area contributed by atoms with E-state index in [1.165, 1.54) is 4.57 Å². The van der Waals surface area contributed by atoms with Crippen LogP contribution in [0.2, 0.25) is 10.0 Å². The topological polar surface area (TPSA) is 52.2 Å². The van der Waals surface area contributed by atoms with Crippen LogP contribution in [0.1, 0.15) is 0 Å². The molecule has 0 bridgehead atoms. The summed E-state index contributed by atoms with van der Waals surface area (Å²) in [4.78, 5) is 21.9. The van der Waals surface area contributed by atoms with Crippen LogP contribution >= 0.6 is 23.2 Å². The Labute approximate surface area is 157 Å². The third-order valence-electron chi connectivity index (χ3n) is 4.39. The summed E-state index contributed by atoms with van der Waals surface area (Å²) < 4.78 is 3.36. The first-order chi connectivity index (χ1) is 12.6. The molecule has 0 spiro atoms. The number of hydrogen-bond acceptors (Lipinski definition) is 3. The molecule has 0 saturated heterocycles. The summed E-state index contributed by atoms with van der Waals surface area (Å²) in [6.07, 6.45) is 3.24. The number of hydrogen-bond donors (Lipinski definition) is 0. The lowest BCUT2D eigenvalue weighted by Crippen LogP contribution is -2.19. The predicted octanol–water partition coefficient (Wildman–Crippen LogP) is 4.49. The molecule has 0 fully saturated rings. The highest BCUT2D eigenvalue weighted by Gasteiger charge is 2.14. The molecule has 0 aliphatic rings. The number of pyridine rings is 1. The largest absolute Gasteiger partial charge is 0.282 e. The van der Waals surface area contributed by atoms with Crippen molar-refractivity contribution in [2.45, 2.75) is 0 Å². The molecule has 0 aliphatic carbocycles. The quantitative estimate of drug-likeness (QED) is 0.430. The van der Waals surface area contributed by atoms with Gasteiger partial charge in [-0.1, -0.05) is 41.4 Å². The number of benzene rings is 2. The Hall–Kier alpha value is -2.89. The van der Waals surface area contributed by atoms with Crippen LogP contribution in [-0.2, 0) is 0 Å². The Bertz CT molecular complexity index is 1390. The van der Waals surface area contributed by atoms with Gasteiger partial charge in [-0.3, -0.25) is 13.8 Å². The number of rotatable bonds is 1. The summed E-state index contributed by atoms with van der Waals surface area (Å²) in [5, 5.41) is 1.20. The first-order valence-electron chi connectivity index (χ1n) is 7.87. The molecule has 126 valence electrons. The molecule has 26 heavy (non-hydrogen) atoms. The van der Waals surface area contributed by atoms with Gasteiger partial charge in [0.05, 0.1) is 37.7 Å². The van der Waals surface area contributed by atoms with Gasteiger partial charge in [0.1, 0.15) is 0 Å². The molecule has 2 aromatic carbocycles. The second-order valence-corrected chi connectivity index (χ2v) is 6.64. The molecule has 0 unspecified atom stereocenters. The first-order valence-corrected chi connectivity index (χ1v) is 8.63. The van der Waals surface area contributed by atoms with Gasteiger partial charge in [-0.2, -0.15) is 0 Å². The molecule has 0 atom stereocenters. The van der Waals surface area contributed by atoms with Crippen molar-refractivity contribution in [2.24, 2.45) is 0 Å². The molecule has 3 heterocycles. The Morgan fingerprint density at radius 3 is 2.65 bits per heavy atom. The highest BCUT2D eigenvalue weighted by molar-refractivity contribution is 6.43. The lowest BCUT2D eigenvalue weighted by Gasteiger charge is -2.10. The second-order valence-electron chi connectivity index (χ2n) is 5.86. The Morgan fingerprint density at radius 2 is 1.77 bits per heavy atom. The van der Waals surface area contributed by atoms with Crippen molar-refractivity contribution in [3.8, 4) is 5.69 Å². The molecular formula is C19H10Cl2N4O. The van der Waals surface area contributed by atoms with Gasteiger partial charge in [-0.25, -0.2) is 9.97 Å². The predicted molar refractivity (Wildman–Crippen MR) is 104 cm³/mol. The summed E-state index contributed by atoms with van der Waals surface area (Å²) in [6, 6.07) is 14.8. The highest BCUT2D eigenvalue weighted by Crippen LogP contribution is 2.28. The van der Waals surface area contributed by atoms with Crippen molar-refractivity contribution in [3.63, 3.8) is 0 Å². The fourth-order valence-electron chi connectivity index (χ4n) is 3.19. The second kappa shape index (κ2) is 5.56. The molecule has 0 radical (unpaired) electrons. The fraction of sp³-hybridized carbons (Fsp3) is 0. The van der Waals surface area contributed by atoms with Gasteiger partial charge in [0.25, 0.3) is 5.56 Å². The Morgan fingerprint density at radius 1 is 0.923 bits per heavy atom. The molecule has 0 aliphatic heterocycles. The van der Waals surface area contributed by atoms with Gasteiger partial charge >= 0.3 is 0 Å². The lowest BCUT2D eigenvalue weighted by atomic mass is 10.2. The zero-order chi connectivity index (χ0) is 17.8. The molecule has 5 nitrogen and oxygen atoms in total. The molecule has 0 amide bonds. The van der Waals surface area contributed by atoms with E-state index in [0.717, 1.165) is 16.6 Å². The van der Waals surface area contributed by atoms with E-state index < -0.39 is 0 Å². The van der Waals surface area contributed by atoms with Crippen LogP contribution in [0.25, 0.3) is 33.4 Å². The van der Waals surface area contributed by atoms with E-state index in [2.05, 4.69) is 9.97 Å². The average Bonchev–Trinajstić information content (AvgIpc) is 3.04. The zero-order valence-electron chi connectivity index (χ0n) is 13.2. The number of halogens is 2. The number of nitrogens with zero attached hydrogens (tertiary/aromatic N) is 4. The van der Waals surface area contributed by atoms with E-state index in [0.29, 0.717) is 26.9 Å². The van der Waals surface area contributed by atoms with Crippen LogP contribution in [0, 0.1) is 0 Å². The van der Waals surface area contributed by atoms with E-state index in [4.69, 9.17) is 23.2 Å². The van der Waals surface area contributed by atoms with Gasteiger partial charge in [0.15, 0.2) is 0 Å². The van der Waals surface area contributed by atoms with Gasteiger partial charge in [-0.05, 0) is 30.3 Å². The minimum absolute atomic E-state index is 0.223. The highest BCUT2D eigenvalue weighted by atomic mass is 35.5. The van der Waals surface area contributed by atoms with Crippen molar-refractivity contribution in [3.05, 3.63) is 81.3 Å². The summed E-state index contributed by atoms with van der Waals surface area (Å²) in [5.41, 5.74) is 2.77. The monoisotopic (exact) mass is 380 g/mol. The van der Waals surface area contributed by atoms with Crippen molar-refractivity contribution >= 4 is 50.9 Å². The van der Waals surface area contributed by atoms with Crippen LogP contribution in [0.15, 0.2) is 65.7 Å². The minimum atomic E-state index is -0.223. The number of fused-ring (bicyclic) bond motifs is 5. The summed E-state index contributed by atoms with van der Waals surface area (Å²) >= 11 is 12.4. The average molecular weight is 381 g/mol. The molecule has 7 heteroatoms. The first kappa shape index (κ1) is 15.4. The molecule has 0 saturated carbocycles. The summed E-state index contributed by atoms with van der Waals surface area (Å²) in [6.45, 7) is 0. The van der Waals surface area contributed by atoms with Crippen molar-refractivity contribution < 1.29 is 0 Å². The van der Waals surface area contributed by atoms with E-state index >= 15 is 0 Å². The van der Waals surface area contributed by atoms with Crippen molar-refractivity contribution in [1.29, 1.82) is 0 Å². The van der Waals surface area contributed by atoms with Gasteiger partial charge < -0.3 is 0 Å². The number of para-hydroxylation sites is 2. The Balaban J connectivity index is 1.90. The third kappa shape index (κ3) is 2.08. The molecule has 5 rings (SSSR count). The van der Waals surface area contributed by atoms with E-state index in [1.54, 1.807) is 30.6 Å². The minimum Gasteiger partial charge on any atom is -0.282 e. The number of aromatic nitrogens is 4. The van der Waals surface area contributed by atoms with E-state index in [1.807, 2.05) is 34.7 Å². The lowest BCUT2D eigenvalue weighted by molar-refractivity contribution is 1.00. The summed E-state index contributed by atoms with van der Waals surface area (Å²) in [5.74, 6) is 0.552. The normalized spacial score (nSPS) is 11.6. The SMILES string of the molecule is O=c1c2cnc3nc4ccccc4n3c2ccn1-c1cccc(Cl)c1Cl. The maximum atomic E-state index is 13.1. The van der Waals surface area contributed by atoms with E-state index in [-0.39, 0.29) is 5.56 Å². The van der Waals surface area contributed by atoms with Gasteiger partial charge in [-0.15, -0.1) is 0 Å². The van der Waals surface area contributed by atoms with Crippen LogP contribution < -0.4 is 5.56 Å². The molecule has 3 aromatic heterocycles. The molecule has 0 N–H and O–H groups in total. The maximum absolute atomic E-state index is 13.1. The van der Waals surface area contributed by atoms with Crippen LogP contribution in [0.5, 0.6) is 0 Å².